The van der Waals surface area contributed by atoms with Gasteiger partial charge >= 0.3 is 0 Å². The lowest BCUT2D eigenvalue weighted by molar-refractivity contribution is 0.319. The molecule has 0 aliphatic carbocycles. The van der Waals surface area contributed by atoms with Crippen LogP contribution in [0.4, 0.5) is 0 Å². The summed E-state index contributed by atoms with van der Waals surface area (Å²) in [4.78, 5) is 4.40. The fourth-order valence-electron chi connectivity index (χ4n) is 2.64. The quantitative estimate of drug-likeness (QED) is 0.840. The predicted molar refractivity (Wildman–Crippen MR) is 65.2 cm³/mol. The van der Waals surface area contributed by atoms with E-state index in [1.54, 1.807) is 0 Å². The SMILES string of the molecule is O=S1(=O)CCC(c2noc([C@H]3CCCNC3)n2)C1. The molecule has 2 saturated heterocycles. The van der Waals surface area contributed by atoms with Gasteiger partial charge in [-0.2, -0.15) is 4.98 Å². The van der Waals surface area contributed by atoms with Crippen molar-refractivity contribution in [2.45, 2.75) is 31.1 Å². The molecule has 3 heterocycles. The molecule has 3 rings (SSSR count). The molecule has 1 N–H and O–H groups in total. The summed E-state index contributed by atoms with van der Waals surface area (Å²) in [6.45, 7) is 1.91. The molecule has 1 unspecified atom stereocenters. The van der Waals surface area contributed by atoms with Crippen LogP contribution < -0.4 is 5.32 Å². The molecule has 0 spiro atoms. The van der Waals surface area contributed by atoms with Gasteiger partial charge in [0.1, 0.15) is 0 Å². The standard InChI is InChI=1S/C11H17N3O3S/c15-18(16)5-3-9(7-18)10-13-11(17-14-10)8-2-1-4-12-6-8/h8-9,12H,1-7H2/t8-,9?/m0/s1. The van der Waals surface area contributed by atoms with E-state index in [2.05, 4.69) is 15.5 Å². The van der Waals surface area contributed by atoms with E-state index in [4.69, 9.17) is 4.52 Å². The maximum Gasteiger partial charge on any atom is 0.231 e. The zero-order valence-corrected chi connectivity index (χ0v) is 10.9. The first-order chi connectivity index (χ1) is 8.64. The first-order valence-electron chi connectivity index (χ1n) is 6.39. The molecular weight excluding hydrogens is 254 g/mol. The number of sulfone groups is 1. The summed E-state index contributed by atoms with van der Waals surface area (Å²) in [5.74, 6) is 1.82. The predicted octanol–water partition coefficient (Wildman–Crippen LogP) is 0.439. The normalized spacial score (nSPS) is 31.6. The van der Waals surface area contributed by atoms with Gasteiger partial charge in [0.2, 0.25) is 5.89 Å². The lowest BCUT2D eigenvalue weighted by Crippen LogP contribution is -2.28. The first-order valence-corrected chi connectivity index (χ1v) is 8.21. The zero-order chi connectivity index (χ0) is 12.6. The van der Waals surface area contributed by atoms with E-state index >= 15 is 0 Å². The molecule has 18 heavy (non-hydrogen) atoms. The lowest BCUT2D eigenvalue weighted by atomic mass is 10.00. The summed E-state index contributed by atoms with van der Waals surface area (Å²) < 4.78 is 28.1. The van der Waals surface area contributed by atoms with Gasteiger partial charge in [0.05, 0.1) is 17.4 Å². The average Bonchev–Trinajstić information content (AvgIpc) is 2.96. The van der Waals surface area contributed by atoms with Crippen LogP contribution in [-0.2, 0) is 9.84 Å². The number of aromatic nitrogens is 2. The van der Waals surface area contributed by atoms with Gasteiger partial charge in [-0.25, -0.2) is 8.42 Å². The van der Waals surface area contributed by atoms with Crippen molar-refractivity contribution in [1.29, 1.82) is 0 Å². The molecule has 2 aliphatic heterocycles. The molecule has 1 aromatic rings. The molecule has 6 nitrogen and oxygen atoms in total. The molecule has 0 radical (unpaired) electrons. The molecule has 2 aliphatic rings. The summed E-state index contributed by atoms with van der Waals surface area (Å²) in [5.41, 5.74) is 0. The Morgan fingerprint density at radius 3 is 2.83 bits per heavy atom. The summed E-state index contributed by atoms with van der Waals surface area (Å²) in [6, 6.07) is 0. The van der Waals surface area contributed by atoms with Crippen molar-refractivity contribution in [2.75, 3.05) is 24.6 Å². The highest BCUT2D eigenvalue weighted by Gasteiger charge is 2.33. The fourth-order valence-corrected chi connectivity index (χ4v) is 4.38. The molecule has 0 aromatic carbocycles. The molecule has 2 fully saturated rings. The second-order valence-electron chi connectivity index (χ2n) is 5.13. The van der Waals surface area contributed by atoms with Crippen molar-refractivity contribution in [3.63, 3.8) is 0 Å². The van der Waals surface area contributed by atoms with Crippen molar-refractivity contribution in [1.82, 2.24) is 15.5 Å². The van der Waals surface area contributed by atoms with Gasteiger partial charge < -0.3 is 9.84 Å². The maximum absolute atomic E-state index is 11.4. The summed E-state index contributed by atoms with van der Waals surface area (Å²) in [5, 5.41) is 7.26. The Balaban J connectivity index is 1.73. The molecular formula is C11H17N3O3S. The van der Waals surface area contributed by atoms with Gasteiger partial charge in [0, 0.05) is 12.5 Å². The number of nitrogens with zero attached hydrogens (tertiary/aromatic N) is 2. The maximum atomic E-state index is 11.4. The van der Waals surface area contributed by atoms with Gasteiger partial charge in [-0.1, -0.05) is 5.16 Å². The van der Waals surface area contributed by atoms with Crippen LogP contribution >= 0.6 is 0 Å². The first kappa shape index (κ1) is 12.1. The van der Waals surface area contributed by atoms with E-state index in [0.29, 0.717) is 18.1 Å². The monoisotopic (exact) mass is 271 g/mol. The second kappa shape index (κ2) is 4.62. The molecule has 2 atom stereocenters. The zero-order valence-electron chi connectivity index (χ0n) is 10.1. The second-order valence-corrected chi connectivity index (χ2v) is 7.36. The third kappa shape index (κ3) is 2.42. The highest BCUT2D eigenvalue weighted by Crippen LogP contribution is 2.29. The lowest BCUT2D eigenvalue weighted by Gasteiger charge is -2.18. The largest absolute Gasteiger partial charge is 0.339 e. The third-order valence-corrected chi connectivity index (χ3v) is 5.47. The minimum atomic E-state index is -2.89. The van der Waals surface area contributed by atoms with Crippen LogP contribution in [-0.4, -0.2) is 43.2 Å². The molecule has 0 saturated carbocycles. The van der Waals surface area contributed by atoms with Gasteiger partial charge in [0.15, 0.2) is 15.7 Å². The minimum absolute atomic E-state index is 0.0796. The molecule has 0 bridgehead atoms. The molecule has 1 aromatic heterocycles. The summed E-state index contributed by atoms with van der Waals surface area (Å²) in [6.07, 6.45) is 2.78. The van der Waals surface area contributed by atoms with E-state index in [1.165, 1.54) is 0 Å². The fraction of sp³-hybridized carbons (Fsp3) is 0.818. The number of rotatable bonds is 2. The Kier molecular flexibility index (Phi) is 3.11. The van der Waals surface area contributed by atoms with Crippen LogP contribution in [0.25, 0.3) is 0 Å². The summed E-state index contributed by atoms with van der Waals surface area (Å²) in [7, 11) is -2.89. The Morgan fingerprint density at radius 2 is 2.17 bits per heavy atom. The smallest absolute Gasteiger partial charge is 0.231 e. The number of hydrogen-bond acceptors (Lipinski definition) is 6. The van der Waals surface area contributed by atoms with Gasteiger partial charge in [-0.05, 0) is 25.8 Å². The van der Waals surface area contributed by atoms with Crippen LogP contribution in [0.15, 0.2) is 4.52 Å². The highest BCUT2D eigenvalue weighted by atomic mass is 32.2. The van der Waals surface area contributed by atoms with Crippen LogP contribution in [0.3, 0.4) is 0 Å². The molecule has 0 amide bonds. The number of piperidine rings is 1. The van der Waals surface area contributed by atoms with Crippen molar-refractivity contribution in [3.8, 4) is 0 Å². The third-order valence-electron chi connectivity index (χ3n) is 3.70. The number of nitrogens with one attached hydrogen (secondary N) is 1. The van der Waals surface area contributed by atoms with Crippen LogP contribution in [0, 0.1) is 0 Å². The molecule has 100 valence electrons. The number of hydrogen-bond donors (Lipinski definition) is 1. The molecule has 7 heteroatoms. The van der Waals surface area contributed by atoms with E-state index in [-0.39, 0.29) is 23.3 Å². The average molecular weight is 271 g/mol. The van der Waals surface area contributed by atoms with Crippen molar-refractivity contribution < 1.29 is 12.9 Å². The Bertz CT molecular complexity index is 519. The minimum Gasteiger partial charge on any atom is -0.339 e. The van der Waals surface area contributed by atoms with Crippen LogP contribution in [0.1, 0.15) is 42.8 Å². The van der Waals surface area contributed by atoms with E-state index in [1.807, 2.05) is 0 Å². The Morgan fingerprint density at radius 1 is 1.28 bits per heavy atom. The van der Waals surface area contributed by atoms with E-state index < -0.39 is 9.84 Å². The van der Waals surface area contributed by atoms with E-state index in [9.17, 15) is 8.42 Å². The van der Waals surface area contributed by atoms with Crippen molar-refractivity contribution in [2.24, 2.45) is 0 Å². The van der Waals surface area contributed by atoms with Crippen molar-refractivity contribution in [3.05, 3.63) is 11.7 Å². The summed E-state index contributed by atoms with van der Waals surface area (Å²) >= 11 is 0. The van der Waals surface area contributed by atoms with Gasteiger partial charge in [-0.15, -0.1) is 0 Å². The van der Waals surface area contributed by atoms with Gasteiger partial charge in [-0.3, -0.25) is 0 Å². The Hall–Kier alpha value is -0.950. The van der Waals surface area contributed by atoms with Crippen LogP contribution in [0.5, 0.6) is 0 Å². The van der Waals surface area contributed by atoms with E-state index in [0.717, 1.165) is 25.9 Å². The van der Waals surface area contributed by atoms with Crippen LogP contribution in [0.2, 0.25) is 0 Å². The van der Waals surface area contributed by atoms with Crippen molar-refractivity contribution >= 4 is 9.84 Å². The Labute approximate surface area is 106 Å². The van der Waals surface area contributed by atoms with Gasteiger partial charge in [0.25, 0.3) is 0 Å². The highest BCUT2D eigenvalue weighted by molar-refractivity contribution is 7.91. The topological polar surface area (TPSA) is 85.1 Å².